The second-order valence-electron chi connectivity index (χ2n) is 3.44. The van der Waals surface area contributed by atoms with E-state index in [1.165, 1.54) is 6.08 Å². The Kier molecular flexibility index (Phi) is 5.44. The van der Waals surface area contributed by atoms with Gasteiger partial charge in [0.05, 0.1) is 0 Å². The first-order chi connectivity index (χ1) is 8.27. The molecule has 0 aliphatic rings. The second kappa shape index (κ2) is 7.17. The monoisotopic (exact) mass is 228 g/mol. The van der Waals surface area contributed by atoms with Gasteiger partial charge in [0, 0.05) is 31.6 Å². The predicted octanol–water partition coefficient (Wildman–Crippen LogP) is 2.30. The molecular weight excluding hydrogens is 212 g/mol. The van der Waals surface area contributed by atoms with E-state index in [-0.39, 0.29) is 5.91 Å². The molecule has 17 heavy (non-hydrogen) atoms. The summed E-state index contributed by atoms with van der Waals surface area (Å²) in [6, 6.07) is 3.72. The van der Waals surface area contributed by atoms with Gasteiger partial charge in [-0.05, 0) is 17.7 Å². The van der Waals surface area contributed by atoms with E-state index in [4.69, 9.17) is 0 Å². The van der Waals surface area contributed by atoms with Gasteiger partial charge in [-0.2, -0.15) is 0 Å². The number of carbonyl (C=O) groups is 1. The van der Waals surface area contributed by atoms with Crippen LogP contribution in [0.3, 0.4) is 0 Å². The van der Waals surface area contributed by atoms with Gasteiger partial charge in [0.25, 0.3) is 0 Å². The Hall–Kier alpha value is -2.16. The summed E-state index contributed by atoms with van der Waals surface area (Å²) < 4.78 is 0. The van der Waals surface area contributed by atoms with E-state index >= 15 is 0 Å². The van der Waals surface area contributed by atoms with E-state index in [1.54, 1.807) is 35.5 Å². The van der Waals surface area contributed by atoms with Gasteiger partial charge in [-0.3, -0.25) is 9.78 Å². The average molecular weight is 228 g/mol. The zero-order valence-corrected chi connectivity index (χ0v) is 9.75. The van der Waals surface area contributed by atoms with Crippen LogP contribution < -0.4 is 0 Å². The van der Waals surface area contributed by atoms with Gasteiger partial charge in [0.2, 0.25) is 5.91 Å². The van der Waals surface area contributed by atoms with Crippen LogP contribution in [0, 0.1) is 0 Å². The van der Waals surface area contributed by atoms with Crippen LogP contribution in [0.2, 0.25) is 0 Å². The zero-order chi connectivity index (χ0) is 12.5. The van der Waals surface area contributed by atoms with Crippen LogP contribution in [-0.2, 0) is 4.79 Å². The molecule has 0 aromatic carbocycles. The third kappa shape index (κ3) is 4.47. The van der Waals surface area contributed by atoms with Gasteiger partial charge in [0.1, 0.15) is 0 Å². The third-order valence-electron chi connectivity index (χ3n) is 2.11. The summed E-state index contributed by atoms with van der Waals surface area (Å²) in [6.45, 7) is 8.27. The molecule has 1 rings (SSSR count). The van der Waals surface area contributed by atoms with Crippen molar-refractivity contribution in [2.75, 3.05) is 13.1 Å². The van der Waals surface area contributed by atoms with Crippen molar-refractivity contribution in [2.24, 2.45) is 0 Å². The minimum atomic E-state index is -0.0614. The minimum absolute atomic E-state index is 0.0614. The Morgan fingerprint density at radius 3 is 2.59 bits per heavy atom. The van der Waals surface area contributed by atoms with Crippen LogP contribution in [-0.4, -0.2) is 28.9 Å². The standard InChI is InChI=1S/C14H16N2O/c1-3-10-16(11-4-2)14(17)8-7-13-6-5-9-15-12-13/h3-9,12H,1-2,10-11H2/b8-7+. The fourth-order valence-electron chi connectivity index (χ4n) is 1.31. The molecule has 0 saturated carbocycles. The highest BCUT2D eigenvalue weighted by Gasteiger charge is 2.05. The Morgan fingerprint density at radius 1 is 1.35 bits per heavy atom. The predicted molar refractivity (Wildman–Crippen MR) is 70.2 cm³/mol. The maximum Gasteiger partial charge on any atom is 0.247 e. The molecule has 0 bridgehead atoms. The number of carbonyl (C=O) groups excluding carboxylic acids is 1. The first-order valence-corrected chi connectivity index (χ1v) is 5.36. The minimum Gasteiger partial charge on any atom is -0.332 e. The summed E-state index contributed by atoms with van der Waals surface area (Å²) in [6.07, 6.45) is 10.1. The van der Waals surface area contributed by atoms with Gasteiger partial charge >= 0.3 is 0 Å². The van der Waals surface area contributed by atoms with Crippen molar-refractivity contribution >= 4 is 12.0 Å². The summed E-state index contributed by atoms with van der Waals surface area (Å²) in [4.78, 5) is 17.4. The highest BCUT2D eigenvalue weighted by Crippen LogP contribution is 2.00. The lowest BCUT2D eigenvalue weighted by Gasteiger charge is -2.16. The molecule has 0 aliphatic carbocycles. The smallest absolute Gasteiger partial charge is 0.247 e. The summed E-state index contributed by atoms with van der Waals surface area (Å²) in [5, 5.41) is 0. The average Bonchev–Trinajstić information content (AvgIpc) is 2.37. The van der Waals surface area contributed by atoms with Gasteiger partial charge < -0.3 is 4.90 Å². The van der Waals surface area contributed by atoms with Crippen molar-refractivity contribution < 1.29 is 4.79 Å². The zero-order valence-electron chi connectivity index (χ0n) is 9.75. The number of aromatic nitrogens is 1. The topological polar surface area (TPSA) is 33.2 Å². The van der Waals surface area contributed by atoms with Crippen molar-refractivity contribution in [3.8, 4) is 0 Å². The van der Waals surface area contributed by atoms with Gasteiger partial charge in [-0.25, -0.2) is 0 Å². The van der Waals surface area contributed by atoms with Crippen LogP contribution in [0.25, 0.3) is 6.08 Å². The Balaban J connectivity index is 2.66. The molecule has 0 atom stereocenters. The Morgan fingerprint density at radius 2 is 2.06 bits per heavy atom. The molecule has 0 radical (unpaired) electrons. The van der Waals surface area contributed by atoms with Crippen molar-refractivity contribution in [3.63, 3.8) is 0 Å². The fraction of sp³-hybridized carbons (Fsp3) is 0.143. The van der Waals surface area contributed by atoms with E-state index in [0.29, 0.717) is 13.1 Å². The van der Waals surface area contributed by atoms with Crippen LogP contribution in [0.5, 0.6) is 0 Å². The Labute approximate surface area is 102 Å². The molecule has 88 valence electrons. The van der Waals surface area contributed by atoms with E-state index in [9.17, 15) is 4.79 Å². The normalized spacial score (nSPS) is 10.1. The number of amides is 1. The highest BCUT2D eigenvalue weighted by atomic mass is 16.2. The van der Waals surface area contributed by atoms with Crippen molar-refractivity contribution in [3.05, 3.63) is 61.5 Å². The maximum atomic E-state index is 11.8. The van der Waals surface area contributed by atoms with Crippen molar-refractivity contribution in [2.45, 2.75) is 0 Å². The van der Waals surface area contributed by atoms with Crippen molar-refractivity contribution in [1.29, 1.82) is 0 Å². The lowest BCUT2D eigenvalue weighted by atomic mass is 10.2. The largest absolute Gasteiger partial charge is 0.332 e. The third-order valence-corrected chi connectivity index (χ3v) is 2.11. The molecule has 0 aliphatic heterocycles. The molecule has 0 fully saturated rings. The molecule has 0 saturated heterocycles. The molecule has 1 amide bonds. The molecule has 0 spiro atoms. The van der Waals surface area contributed by atoms with Crippen LogP contribution in [0.4, 0.5) is 0 Å². The first-order valence-electron chi connectivity index (χ1n) is 5.36. The second-order valence-corrected chi connectivity index (χ2v) is 3.44. The van der Waals surface area contributed by atoms with Gasteiger partial charge in [-0.15, -0.1) is 13.2 Å². The Bertz CT molecular complexity index is 399. The van der Waals surface area contributed by atoms with Crippen LogP contribution >= 0.6 is 0 Å². The number of rotatable bonds is 6. The maximum absolute atomic E-state index is 11.8. The van der Waals surface area contributed by atoms with E-state index < -0.39 is 0 Å². The molecule has 3 heteroatoms. The highest BCUT2D eigenvalue weighted by molar-refractivity contribution is 5.91. The lowest BCUT2D eigenvalue weighted by Crippen LogP contribution is -2.29. The van der Waals surface area contributed by atoms with E-state index in [1.807, 2.05) is 12.1 Å². The SMILES string of the molecule is C=CCN(CC=C)C(=O)/C=C/c1cccnc1. The summed E-state index contributed by atoms with van der Waals surface area (Å²) >= 11 is 0. The van der Waals surface area contributed by atoms with Crippen LogP contribution in [0.1, 0.15) is 5.56 Å². The number of hydrogen-bond acceptors (Lipinski definition) is 2. The summed E-state index contributed by atoms with van der Waals surface area (Å²) in [5.41, 5.74) is 0.901. The number of nitrogens with zero attached hydrogens (tertiary/aromatic N) is 2. The summed E-state index contributed by atoms with van der Waals surface area (Å²) in [5.74, 6) is -0.0614. The fourth-order valence-corrected chi connectivity index (χ4v) is 1.31. The lowest BCUT2D eigenvalue weighted by molar-refractivity contribution is -0.124. The van der Waals surface area contributed by atoms with Gasteiger partial charge in [-0.1, -0.05) is 18.2 Å². The quantitative estimate of drug-likeness (QED) is 0.553. The number of pyridine rings is 1. The molecule has 1 heterocycles. The van der Waals surface area contributed by atoms with Crippen LogP contribution in [0.15, 0.2) is 55.9 Å². The van der Waals surface area contributed by atoms with Gasteiger partial charge in [0.15, 0.2) is 0 Å². The molecule has 1 aromatic heterocycles. The molecule has 0 N–H and O–H groups in total. The van der Waals surface area contributed by atoms with Crippen molar-refractivity contribution in [1.82, 2.24) is 9.88 Å². The van der Waals surface area contributed by atoms with E-state index in [0.717, 1.165) is 5.56 Å². The van der Waals surface area contributed by atoms with E-state index in [2.05, 4.69) is 18.1 Å². The molecule has 1 aromatic rings. The molecular formula is C14H16N2O. The number of hydrogen-bond donors (Lipinski definition) is 0. The first kappa shape index (κ1) is 12.9. The summed E-state index contributed by atoms with van der Waals surface area (Å²) in [7, 11) is 0. The molecule has 0 unspecified atom stereocenters. The molecule has 3 nitrogen and oxygen atoms in total.